The van der Waals surface area contributed by atoms with Gasteiger partial charge in [-0.25, -0.2) is 9.78 Å². The van der Waals surface area contributed by atoms with E-state index in [-0.39, 0.29) is 11.5 Å². The smallest absolute Gasteiger partial charge is 0.396 e. The van der Waals surface area contributed by atoms with Crippen LogP contribution in [-0.2, 0) is 17.8 Å². The highest BCUT2D eigenvalue weighted by Gasteiger charge is 2.35. The van der Waals surface area contributed by atoms with Crippen LogP contribution >= 0.6 is 11.3 Å². The van der Waals surface area contributed by atoms with Crippen molar-refractivity contribution in [2.75, 3.05) is 0 Å². The first-order valence-electron chi connectivity index (χ1n) is 9.92. The Kier molecular flexibility index (Phi) is 4.91. The number of amidine groups is 1. The summed E-state index contributed by atoms with van der Waals surface area (Å²) < 4.78 is 7.74. The second kappa shape index (κ2) is 7.90. The van der Waals surface area contributed by atoms with E-state index in [0.29, 0.717) is 29.5 Å². The zero-order chi connectivity index (χ0) is 22.2. The lowest BCUT2D eigenvalue weighted by atomic mass is 10.0. The fraction of sp³-hybridized carbons (Fsp3) is 0.0833. The molecule has 0 amide bonds. The van der Waals surface area contributed by atoms with Crippen molar-refractivity contribution in [2.24, 2.45) is 5.73 Å². The molecule has 0 unspecified atom stereocenters. The van der Waals surface area contributed by atoms with E-state index in [9.17, 15) is 9.90 Å². The number of nitrogens with one attached hydrogen (secondary N) is 1. The Balaban J connectivity index is 1.63. The minimum Gasteiger partial charge on any atom is -0.474 e. The lowest BCUT2D eigenvalue weighted by Gasteiger charge is -2.10. The summed E-state index contributed by atoms with van der Waals surface area (Å²) >= 11 is 1.40. The molecule has 2 heterocycles. The van der Waals surface area contributed by atoms with Gasteiger partial charge in [-0.3, -0.25) is 5.41 Å². The molecular formula is C24H19N4O3S+. The number of benzene rings is 3. The third-order valence-electron chi connectivity index (χ3n) is 5.48. The van der Waals surface area contributed by atoms with E-state index in [4.69, 9.17) is 15.9 Å². The van der Waals surface area contributed by atoms with Crippen molar-refractivity contribution >= 4 is 45.3 Å². The molecule has 1 aromatic heterocycles. The van der Waals surface area contributed by atoms with Crippen molar-refractivity contribution in [3.05, 3.63) is 82.9 Å². The summed E-state index contributed by atoms with van der Waals surface area (Å²) in [5.74, 6) is -0.381. The fourth-order valence-corrected chi connectivity index (χ4v) is 4.51. The third-order valence-corrected chi connectivity index (χ3v) is 6.13. The highest BCUT2D eigenvalue weighted by Crippen LogP contribution is 2.34. The number of ether oxygens (including phenoxy) is 1. The lowest BCUT2D eigenvalue weighted by molar-refractivity contribution is -0.454. The summed E-state index contributed by atoms with van der Waals surface area (Å²) in [5.41, 5.74) is 9.10. The first-order chi connectivity index (χ1) is 15.5. The number of aliphatic carboxylic acids is 1. The van der Waals surface area contributed by atoms with Crippen LogP contribution in [0.5, 0.6) is 10.9 Å². The maximum absolute atomic E-state index is 12.1. The first kappa shape index (κ1) is 19.9. The Morgan fingerprint density at radius 2 is 2.06 bits per heavy atom. The van der Waals surface area contributed by atoms with E-state index < -0.39 is 5.97 Å². The predicted molar refractivity (Wildman–Crippen MR) is 124 cm³/mol. The highest BCUT2D eigenvalue weighted by atomic mass is 32.1. The highest BCUT2D eigenvalue weighted by molar-refractivity contribution is 7.11. The topological polar surface area (TPSA) is 112 Å². The molecule has 158 valence electrons. The Bertz CT molecular complexity index is 1410. The second-order valence-electron chi connectivity index (χ2n) is 7.48. The molecule has 4 N–H and O–H groups in total. The summed E-state index contributed by atoms with van der Waals surface area (Å²) in [6.45, 7) is 0.339. The van der Waals surface area contributed by atoms with Crippen LogP contribution in [-0.4, -0.2) is 32.2 Å². The standard InChI is InChI=1S/C24H18N4O3S/c25-22(26)16-6-5-15-11-21(23(29)30)28(20(15)12-16)13-17-10-18(31-24-27-7-8-32-24)9-14-3-1-2-4-19(14)17/h1-10,12H,11,13H2,(H3-,25,26,29,30)/p+1. The number of nitrogens with two attached hydrogens (primary N) is 1. The molecular weight excluding hydrogens is 424 g/mol. The zero-order valence-corrected chi connectivity index (χ0v) is 17.7. The molecule has 0 spiro atoms. The van der Waals surface area contributed by atoms with E-state index >= 15 is 0 Å². The lowest BCUT2D eigenvalue weighted by Crippen LogP contribution is -2.22. The van der Waals surface area contributed by atoms with Crippen molar-refractivity contribution < 1.29 is 19.2 Å². The van der Waals surface area contributed by atoms with Gasteiger partial charge in [-0.15, -0.1) is 0 Å². The molecule has 3 aromatic carbocycles. The maximum Gasteiger partial charge on any atom is 0.396 e. The van der Waals surface area contributed by atoms with Crippen LogP contribution in [0, 0.1) is 5.41 Å². The number of hydrogen-bond acceptors (Lipinski definition) is 5. The number of carbonyl (C=O) groups is 1. The molecule has 32 heavy (non-hydrogen) atoms. The monoisotopic (exact) mass is 443 g/mol. The number of hydrogen-bond donors (Lipinski definition) is 3. The van der Waals surface area contributed by atoms with Gasteiger partial charge in [-0.2, -0.15) is 4.58 Å². The Morgan fingerprint density at radius 3 is 2.81 bits per heavy atom. The van der Waals surface area contributed by atoms with Crippen LogP contribution in [0.3, 0.4) is 0 Å². The maximum atomic E-state index is 12.1. The predicted octanol–water partition coefficient (Wildman–Crippen LogP) is 4.30. The van der Waals surface area contributed by atoms with Gasteiger partial charge in [0.1, 0.15) is 11.6 Å². The molecule has 0 saturated carbocycles. The van der Waals surface area contributed by atoms with Crippen molar-refractivity contribution in [1.82, 2.24) is 4.98 Å². The Morgan fingerprint density at radius 1 is 1.22 bits per heavy atom. The normalized spacial score (nSPS) is 12.8. The third kappa shape index (κ3) is 3.61. The van der Waals surface area contributed by atoms with Gasteiger partial charge >= 0.3 is 5.97 Å². The van der Waals surface area contributed by atoms with Crippen LogP contribution in [0.25, 0.3) is 10.8 Å². The summed E-state index contributed by atoms with van der Waals surface area (Å²) in [7, 11) is 0. The van der Waals surface area contributed by atoms with Crippen molar-refractivity contribution in [3.63, 3.8) is 0 Å². The molecule has 0 fully saturated rings. The van der Waals surface area contributed by atoms with Gasteiger partial charge in [0, 0.05) is 34.3 Å². The van der Waals surface area contributed by atoms with E-state index in [1.54, 1.807) is 22.9 Å². The SMILES string of the molecule is N=C(N)c1ccc2c(c1)[N+](Cc1cc(Oc3nccs3)cc3ccccc13)=C(C(=O)O)C2. The van der Waals surface area contributed by atoms with Gasteiger partial charge in [0.05, 0.1) is 6.42 Å². The van der Waals surface area contributed by atoms with Crippen LogP contribution in [0.2, 0.25) is 0 Å². The quantitative estimate of drug-likeness (QED) is 0.234. The molecule has 1 aliphatic rings. The minimum atomic E-state index is -0.968. The van der Waals surface area contributed by atoms with Crippen molar-refractivity contribution in [2.45, 2.75) is 13.0 Å². The summed E-state index contributed by atoms with van der Waals surface area (Å²) in [4.78, 5) is 16.2. The number of carboxylic acid groups (broad SMARTS) is 1. The van der Waals surface area contributed by atoms with Crippen LogP contribution in [0.1, 0.15) is 16.7 Å². The van der Waals surface area contributed by atoms with E-state index in [1.807, 2.05) is 47.8 Å². The molecule has 5 rings (SSSR count). The van der Waals surface area contributed by atoms with Crippen LogP contribution < -0.4 is 10.5 Å². The number of fused-ring (bicyclic) bond motifs is 2. The minimum absolute atomic E-state index is 0.0548. The van der Waals surface area contributed by atoms with Crippen molar-refractivity contribution in [3.8, 4) is 10.9 Å². The molecule has 0 aliphatic carbocycles. The molecule has 1 aliphatic heterocycles. The van der Waals surface area contributed by atoms with E-state index in [2.05, 4.69) is 4.98 Å². The number of aromatic nitrogens is 1. The summed E-state index contributed by atoms with van der Waals surface area (Å²) in [5, 5.41) is 22.0. The zero-order valence-electron chi connectivity index (χ0n) is 16.9. The number of carboxylic acids is 1. The van der Waals surface area contributed by atoms with E-state index in [0.717, 1.165) is 27.6 Å². The van der Waals surface area contributed by atoms with Gasteiger partial charge in [0.2, 0.25) is 5.69 Å². The molecule has 4 aromatic rings. The average molecular weight is 444 g/mol. The fourth-order valence-electron chi connectivity index (χ4n) is 4.01. The largest absolute Gasteiger partial charge is 0.474 e. The van der Waals surface area contributed by atoms with Crippen molar-refractivity contribution in [1.29, 1.82) is 5.41 Å². The van der Waals surface area contributed by atoms with Crippen LogP contribution in [0.4, 0.5) is 5.69 Å². The van der Waals surface area contributed by atoms with Gasteiger partial charge in [0.25, 0.3) is 10.9 Å². The molecule has 8 heteroatoms. The Labute approximate surface area is 187 Å². The number of rotatable bonds is 6. The summed E-state index contributed by atoms with van der Waals surface area (Å²) in [6, 6.07) is 17.2. The number of nitrogen functional groups attached to an aromatic ring is 1. The molecule has 0 bridgehead atoms. The molecule has 0 atom stereocenters. The average Bonchev–Trinajstić information content (AvgIpc) is 3.41. The van der Waals surface area contributed by atoms with E-state index in [1.165, 1.54) is 11.3 Å². The summed E-state index contributed by atoms with van der Waals surface area (Å²) in [6.07, 6.45) is 2.00. The van der Waals surface area contributed by atoms with Crippen LogP contribution in [0.15, 0.2) is 66.2 Å². The van der Waals surface area contributed by atoms with Gasteiger partial charge in [-0.05, 0) is 22.9 Å². The molecule has 7 nitrogen and oxygen atoms in total. The molecule has 0 saturated heterocycles. The number of nitrogens with zero attached hydrogens (tertiary/aromatic N) is 2. The second-order valence-corrected chi connectivity index (χ2v) is 8.33. The number of thiazole rings is 1. The Hall–Kier alpha value is -4.04. The van der Waals surface area contributed by atoms with Gasteiger partial charge < -0.3 is 15.6 Å². The van der Waals surface area contributed by atoms with Gasteiger partial charge in [0.15, 0.2) is 6.54 Å². The molecule has 0 radical (unpaired) electrons. The first-order valence-corrected chi connectivity index (χ1v) is 10.8. The van der Waals surface area contributed by atoms with Gasteiger partial charge in [-0.1, -0.05) is 47.7 Å².